The molecule has 2 aromatic carbocycles. The molecule has 0 aliphatic rings. The van der Waals surface area contributed by atoms with Gasteiger partial charge in [0.15, 0.2) is 0 Å². The summed E-state index contributed by atoms with van der Waals surface area (Å²) in [6, 6.07) is 9.30. The van der Waals surface area contributed by atoms with Gasteiger partial charge in [-0.05, 0) is 62.8 Å². The number of nitrogens with one attached hydrogen (secondary N) is 2. The van der Waals surface area contributed by atoms with E-state index in [1.165, 1.54) is 5.01 Å². The van der Waals surface area contributed by atoms with Crippen LogP contribution in [0.2, 0.25) is 0 Å². The Morgan fingerprint density at radius 2 is 1.70 bits per heavy atom. The number of methoxy groups -OCH3 is 1. The van der Waals surface area contributed by atoms with Crippen molar-refractivity contribution >= 4 is 11.8 Å². The summed E-state index contributed by atoms with van der Waals surface area (Å²) in [7, 11) is 1.58. The molecule has 180 valence electrons. The van der Waals surface area contributed by atoms with Crippen LogP contribution >= 0.6 is 0 Å². The molecule has 2 amide bonds. The van der Waals surface area contributed by atoms with Gasteiger partial charge in [0.2, 0.25) is 0 Å². The van der Waals surface area contributed by atoms with Crippen LogP contribution in [0.1, 0.15) is 70.2 Å². The Balaban J connectivity index is 2.34. The second kappa shape index (κ2) is 11.3. The standard InChI is InChI=1S/C26H37N3O4/c1-17-13-18(2)15-21(14-17)25(31)29(16-26(4,5)6)28-24(30)22-11-10-20(9-8-12-27-32)23(33-7)19(22)3/h10-11,13-15,27,32H,8-9,12,16H2,1-7H3,(H,28,30). The van der Waals surface area contributed by atoms with Crippen LogP contribution in [-0.2, 0) is 6.42 Å². The van der Waals surface area contributed by atoms with Crippen LogP contribution in [0, 0.1) is 26.2 Å². The minimum atomic E-state index is -0.364. The van der Waals surface area contributed by atoms with Crippen molar-refractivity contribution in [1.29, 1.82) is 0 Å². The lowest BCUT2D eigenvalue weighted by molar-refractivity contribution is 0.0509. The summed E-state index contributed by atoms with van der Waals surface area (Å²) in [6.07, 6.45) is 1.42. The smallest absolute Gasteiger partial charge is 0.272 e. The molecule has 2 aromatic rings. The summed E-state index contributed by atoms with van der Waals surface area (Å²) in [5.74, 6) is 0.0303. The number of amides is 2. The molecule has 33 heavy (non-hydrogen) atoms. The van der Waals surface area contributed by atoms with E-state index in [0.717, 1.165) is 23.1 Å². The predicted molar refractivity (Wildman–Crippen MR) is 130 cm³/mol. The maximum atomic E-state index is 13.4. The first-order valence-corrected chi connectivity index (χ1v) is 11.2. The fourth-order valence-electron chi connectivity index (χ4n) is 3.91. The van der Waals surface area contributed by atoms with E-state index in [1.807, 2.05) is 65.8 Å². The van der Waals surface area contributed by atoms with Gasteiger partial charge in [-0.1, -0.05) is 44.0 Å². The normalized spacial score (nSPS) is 11.3. The molecule has 0 saturated carbocycles. The van der Waals surface area contributed by atoms with Crippen LogP contribution in [0.15, 0.2) is 30.3 Å². The van der Waals surface area contributed by atoms with Crippen LogP contribution in [0.3, 0.4) is 0 Å². The molecule has 2 rings (SSSR count). The number of nitrogens with zero attached hydrogens (tertiary/aromatic N) is 1. The summed E-state index contributed by atoms with van der Waals surface area (Å²) >= 11 is 0. The Labute approximate surface area is 197 Å². The molecule has 0 aromatic heterocycles. The van der Waals surface area contributed by atoms with Crippen molar-refractivity contribution in [3.05, 3.63) is 63.7 Å². The lowest BCUT2D eigenvalue weighted by Crippen LogP contribution is -2.49. The molecular formula is C26H37N3O4. The Morgan fingerprint density at radius 1 is 1.06 bits per heavy atom. The fourth-order valence-corrected chi connectivity index (χ4v) is 3.91. The van der Waals surface area contributed by atoms with Crippen molar-refractivity contribution in [2.45, 2.75) is 54.4 Å². The Hall–Kier alpha value is -2.90. The van der Waals surface area contributed by atoms with Crippen molar-refractivity contribution in [2.24, 2.45) is 5.41 Å². The summed E-state index contributed by atoms with van der Waals surface area (Å²) in [4.78, 5) is 26.6. The quantitative estimate of drug-likeness (QED) is 0.406. The monoisotopic (exact) mass is 455 g/mol. The maximum absolute atomic E-state index is 13.4. The summed E-state index contributed by atoms with van der Waals surface area (Å²) in [6.45, 7) is 12.6. The number of ether oxygens (including phenoxy) is 1. The molecule has 0 aliphatic carbocycles. The third-order valence-electron chi connectivity index (χ3n) is 5.25. The van der Waals surface area contributed by atoms with Gasteiger partial charge in [-0.25, -0.2) is 10.5 Å². The molecule has 0 heterocycles. The number of hydroxylamine groups is 1. The molecule has 7 heteroatoms. The number of hydrogen-bond donors (Lipinski definition) is 3. The van der Waals surface area contributed by atoms with Crippen LogP contribution in [0.5, 0.6) is 5.75 Å². The summed E-state index contributed by atoms with van der Waals surface area (Å²) < 4.78 is 5.58. The minimum absolute atomic E-state index is 0.223. The molecule has 0 spiro atoms. The third-order valence-corrected chi connectivity index (χ3v) is 5.25. The van der Waals surface area contributed by atoms with Crippen molar-refractivity contribution in [3.63, 3.8) is 0 Å². The lowest BCUT2D eigenvalue weighted by atomic mass is 9.96. The zero-order valence-electron chi connectivity index (χ0n) is 20.8. The number of aryl methyl sites for hydroxylation is 3. The zero-order valence-corrected chi connectivity index (χ0v) is 20.8. The number of carbonyl (C=O) groups excluding carboxylic acids is 2. The van der Waals surface area contributed by atoms with E-state index in [1.54, 1.807) is 13.2 Å². The highest BCUT2D eigenvalue weighted by molar-refractivity contribution is 6.00. The van der Waals surface area contributed by atoms with Crippen molar-refractivity contribution in [3.8, 4) is 5.75 Å². The van der Waals surface area contributed by atoms with Crippen LogP contribution in [0.4, 0.5) is 0 Å². The number of benzene rings is 2. The van der Waals surface area contributed by atoms with Crippen LogP contribution in [0.25, 0.3) is 0 Å². The molecule has 0 radical (unpaired) electrons. The Bertz CT molecular complexity index is 976. The van der Waals surface area contributed by atoms with Crippen LogP contribution in [-0.4, -0.2) is 42.2 Å². The van der Waals surface area contributed by atoms with Crippen molar-refractivity contribution < 1.29 is 19.5 Å². The summed E-state index contributed by atoms with van der Waals surface area (Å²) in [5.41, 5.74) is 9.40. The largest absolute Gasteiger partial charge is 0.496 e. The van der Waals surface area contributed by atoms with E-state index in [0.29, 0.717) is 42.0 Å². The topological polar surface area (TPSA) is 90.9 Å². The van der Waals surface area contributed by atoms with Gasteiger partial charge in [0, 0.05) is 29.8 Å². The molecule has 3 N–H and O–H groups in total. The second-order valence-electron chi connectivity index (χ2n) is 9.71. The highest BCUT2D eigenvalue weighted by Gasteiger charge is 2.26. The van der Waals surface area contributed by atoms with E-state index >= 15 is 0 Å². The lowest BCUT2D eigenvalue weighted by Gasteiger charge is -2.30. The Kier molecular flexibility index (Phi) is 9.02. The van der Waals surface area contributed by atoms with Gasteiger partial charge in [-0.15, -0.1) is 0 Å². The van der Waals surface area contributed by atoms with Crippen molar-refractivity contribution in [1.82, 2.24) is 15.9 Å². The molecule has 7 nitrogen and oxygen atoms in total. The maximum Gasteiger partial charge on any atom is 0.272 e. The highest BCUT2D eigenvalue weighted by atomic mass is 16.5. The molecule has 0 unspecified atom stereocenters. The number of rotatable bonds is 8. The van der Waals surface area contributed by atoms with Gasteiger partial charge in [0.05, 0.1) is 7.11 Å². The number of hydrogen-bond acceptors (Lipinski definition) is 5. The van der Waals surface area contributed by atoms with E-state index in [4.69, 9.17) is 9.94 Å². The molecule has 0 bridgehead atoms. The average Bonchev–Trinajstić information content (AvgIpc) is 2.71. The van der Waals surface area contributed by atoms with Gasteiger partial charge in [0.25, 0.3) is 11.8 Å². The molecule has 0 saturated heterocycles. The zero-order chi connectivity index (χ0) is 24.8. The van der Waals surface area contributed by atoms with Gasteiger partial charge >= 0.3 is 0 Å². The SMILES string of the molecule is COc1c(CCCNO)ccc(C(=O)NN(CC(C)(C)C)C(=O)c2cc(C)cc(C)c2)c1C. The molecule has 0 atom stereocenters. The average molecular weight is 456 g/mol. The first kappa shape index (κ1) is 26.4. The number of carbonyl (C=O) groups is 2. The fraction of sp³-hybridized carbons (Fsp3) is 0.462. The molecule has 0 fully saturated rings. The minimum Gasteiger partial charge on any atom is -0.496 e. The predicted octanol–water partition coefficient (Wildman–Crippen LogP) is 4.37. The van der Waals surface area contributed by atoms with E-state index in [-0.39, 0.29) is 17.2 Å². The van der Waals surface area contributed by atoms with Gasteiger partial charge in [-0.2, -0.15) is 0 Å². The van der Waals surface area contributed by atoms with E-state index in [9.17, 15) is 9.59 Å². The second-order valence-corrected chi connectivity index (χ2v) is 9.71. The van der Waals surface area contributed by atoms with Crippen LogP contribution < -0.4 is 15.6 Å². The van der Waals surface area contributed by atoms with Gasteiger partial charge in [0.1, 0.15) is 5.75 Å². The van der Waals surface area contributed by atoms with Crippen molar-refractivity contribution in [2.75, 3.05) is 20.2 Å². The first-order chi connectivity index (χ1) is 15.5. The molecule has 0 aliphatic heterocycles. The van der Waals surface area contributed by atoms with Gasteiger partial charge in [-0.3, -0.25) is 15.0 Å². The first-order valence-electron chi connectivity index (χ1n) is 11.2. The highest BCUT2D eigenvalue weighted by Crippen LogP contribution is 2.28. The van der Waals surface area contributed by atoms with E-state index < -0.39 is 0 Å². The number of hydrazine groups is 1. The molecular weight excluding hydrogens is 418 g/mol. The van der Waals surface area contributed by atoms with Gasteiger partial charge < -0.3 is 9.94 Å². The third kappa shape index (κ3) is 7.30. The van der Waals surface area contributed by atoms with E-state index in [2.05, 4.69) is 10.9 Å². The summed E-state index contributed by atoms with van der Waals surface area (Å²) in [5, 5.41) is 10.2. The Morgan fingerprint density at radius 3 is 2.24 bits per heavy atom.